The smallest absolute Gasteiger partial charge is 0.193 e. The molecule has 0 amide bonds. The van der Waals surface area contributed by atoms with Gasteiger partial charge >= 0.3 is 0 Å². The van der Waals surface area contributed by atoms with Crippen molar-refractivity contribution in [3.8, 4) is 0 Å². The molecule has 7 nitrogen and oxygen atoms in total. The Morgan fingerprint density at radius 3 is 2.82 bits per heavy atom. The zero-order valence-electron chi connectivity index (χ0n) is 16.8. The third-order valence-electron chi connectivity index (χ3n) is 5.04. The molecule has 2 aromatic rings. The maximum Gasteiger partial charge on any atom is 0.193 e. The van der Waals surface area contributed by atoms with Gasteiger partial charge in [0.2, 0.25) is 0 Å². The van der Waals surface area contributed by atoms with Crippen molar-refractivity contribution in [3.63, 3.8) is 0 Å². The lowest BCUT2D eigenvalue weighted by Crippen LogP contribution is -2.39. The van der Waals surface area contributed by atoms with E-state index in [1.165, 1.54) is 30.4 Å². The molecule has 1 fully saturated rings. The average molecular weight is 498 g/mol. The molecule has 0 atom stereocenters. The van der Waals surface area contributed by atoms with Crippen molar-refractivity contribution in [1.82, 2.24) is 25.0 Å². The minimum absolute atomic E-state index is 0. The van der Waals surface area contributed by atoms with Crippen molar-refractivity contribution >= 4 is 29.9 Å². The highest BCUT2D eigenvalue weighted by Crippen LogP contribution is 2.18. The van der Waals surface area contributed by atoms with Gasteiger partial charge in [0.05, 0.1) is 6.54 Å². The third-order valence-corrected chi connectivity index (χ3v) is 5.04. The number of ether oxygens (including phenoxy) is 1. The van der Waals surface area contributed by atoms with Crippen LogP contribution in [0.25, 0.3) is 0 Å². The Hall–Kier alpha value is -1.68. The van der Waals surface area contributed by atoms with Crippen molar-refractivity contribution < 1.29 is 4.74 Å². The quantitative estimate of drug-likeness (QED) is 0.362. The van der Waals surface area contributed by atoms with Crippen molar-refractivity contribution in [2.24, 2.45) is 10.9 Å². The fraction of sp³-hybridized carbons (Fsp3) is 0.550. The van der Waals surface area contributed by atoms with Gasteiger partial charge in [-0.05, 0) is 36.3 Å². The Morgan fingerprint density at radius 1 is 1.32 bits per heavy atom. The van der Waals surface area contributed by atoms with Gasteiger partial charge in [0.25, 0.3) is 0 Å². The summed E-state index contributed by atoms with van der Waals surface area (Å²) in [4.78, 5) is 10.6. The number of hydrogen-bond acceptors (Lipinski definition) is 4. The Morgan fingerprint density at radius 2 is 2.11 bits per heavy atom. The van der Waals surface area contributed by atoms with Crippen LogP contribution in [0.15, 0.2) is 41.9 Å². The molecule has 0 saturated carbocycles. The van der Waals surface area contributed by atoms with Gasteiger partial charge in [0.15, 0.2) is 5.96 Å². The summed E-state index contributed by atoms with van der Waals surface area (Å²) in [6.45, 7) is 4.31. The van der Waals surface area contributed by atoms with Gasteiger partial charge in [0, 0.05) is 40.4 Å². The highest BCUT2D eigenvalue weighted by molar-refractivity contribution is 14.0. The predicted octanol–water partition coefficient (Wildman–Crippen LogP) is 2.77. The van der Waals surface area contributed by atoms with E-state index in [1.807, 2.05) is 11.7 Å². The first kappa shape index (κ1) is 22.6. The van der Waals surface area contributed by atoms with Crippen LogP contribution in [0.2, 0.25) is 0 Å². The van der Waals surface area contributed by atoms with E-state index in [2.05, 4.69) is 56.6 Å². The molecule has 154 valence electrons. The first-order chi connectivity index (χ1) is 13.2. The molecule has 0 unspecified atom stereocenters. The summed E-state index contributed by atoms with van der Waals surface area (Å²) in [5.41, 5.74) is 2.44. The number of aromatic nitrogens is 3. The first-order valence-electron chi connectivity index (χ1n) is 9.64. The molecule has 1 aromatic heterocycles. The molecule has 1 aliphatic rings. The van der Waals surface area contributed by atoms with Gasteiger partial charge in [-0.3, -0.25) is 4.99 Å². The van der Waals surface area contributed by atoms with Gasteiger partial charge in [-0.2, -0.15) is 5.10 Å². The lowest BCUT2D eigenvalue weighted by Gasteiger charge is -2.27. The molecule has 0 bridgehead atoms. The molecule has 0 aliphatic carbocycles. The van der Waals surface area contributed by atoms with Crippen molar-refractivity contribution in [2.45, 2.75) is 32.4 Å². The van der Waals surface area contributed by atoms with E-state index in [-0.39, 0.29) is 24.0 Å². The van der Waals surface area contributed by atoms with Crippen LogP contribution in [0, 0.1) is 5.92 Å². The zero-order valence-corrected chi connectivity index (χ0v) is 19.1. The monoisotopic (exact) mass is 498 g/mol. The number of rotatable bonds is 7. The number of nitrogens with zero attached hydrogens (tertiary/aromatic N) is 5. The summed E-state index contributed by atoms with van der Waals surface area (Å²) in [5.74, 6) is 1.71. The van der Waals surface area contributed by atoms with E-state index in [9.17, 15) is 0 Å². The number of halogens is 1. The largest absolute Gasteiger partial charge is 0.381 e. The molecule has 0 radical (unpaired) electrons. The highest BCUT2D eigenvalue weighted by atomic mass is 127. The second kappa shape index (κ2) is 12.0. The van der Waals surface area contributed by atoms with Crippen LogP contribution < -0.4 is 5.32 Å². The molecule has 8 heteroatoms. The Bertz CT molecular complexity index is 715. The molecule has 28 heavy (non-hydrogen) atoms. The fourth-order valence-corrected chi connectivity index (χ4v) is 3.42. The number of aliphatic imine (C=N–C) groups is 1. The number of nitrogens with one attached hydrogen (secondary N) is 1. The molecule has 2 heterocycles. The Kier molecular flexibility index (Phi) is 9.69. The number of hydrogen-bond donors (Lipinski definition) is 1. The van der Waals surface area contributed by atoms with Gasteiger partial charge in [-0.1, -0.05) is 24.3 Å². The van der Waals surface area contributed by atoms with Gasteiger partial charge < -0.3 is 15.0 Å². The van der Waals surface area contributed by atoms with Crippen LogP contribution in [0.3, 0.4) is 0 Å². The summed E-state index contributed by atoms with van der Waals surface area (Å²) < 4.78 is 7.28. The van der Waals surface area contributed by atoms with Crippen LogP contribution >= 0.6 is 24.0 Å². The van der Waals surface area contributed by atoms with Crippen LogP contribution in [0.5, 0.6) is 0 Å². The lowest BCUT2D eigenvalue weighted by atomic mass is 9.96. The maximum atomic E-state index is 5.45. The summed E-state index contributed by atoms with van der Waals surface area (Å²) in [6, 6.07) is 8.53. The first-order valence-corrected chi connectivity index (χ1v) is 9.64. The lowest BCUT2D eigenvalue weighted by molar-refractivity contribution is 0.0625. The van der Waals surface area contributed by atoms with Crippen molar-refractivity contribution in [3.05, 3.63) is 48.0 Å². The predicted molar refractivity (Wildman–Crippen MR) is 122 cm³/mol. The van der Waals surface area contributed by atoms with E-state index in [0.29, 0.717) is 0 Å². The SMILES string of the molecule is CN=C(NCc1cccc(Cn2cncn2)c1)N(C)CCC1CCOCC1.I. The molecule has 3 rings (SSSR count). The normalized spacial score (nSPS) is 15.1. The third kappa shape index (κ3) is 7.05. The molecule has 1 N–H and O–H groups in total. The number of guanidine groups is 1. The van der Waals surface area contributed by atoms with E-state index in [0.717, 1.165) is 44.7 Å². The second-order valence-corrected chi connectivity index (χ2v) is 7.08. The zero-order chi connectivity index (χ0) is 18.9. The standard InChI is InChI=1S/C20H30N6O.HI/c1-21-20(25(2)9-6-17-7-10-27-11-8-17)23-13-18-4-3-5-19(12-18)14-26-16-22-15-24-26;/h3-5,12,15-17H,6-11,13-14H2,1-2H3,(H,21,23);1H. The Balaban J connectivity index is 0.00000280. The van der Waals surface area contributed by atoms with Crippen LogP contribution in [-0.2, 0) is 17.8 Å². The summed E-state index contributed by atoms with van der Waals surface area (Å²) >= 11 is 0. The molecule has 1 saturated heterocycles. The van der Waals surface area contributed by atoms with Gasteiger partial charge in [-0.15, -0.1) is 24.0 Å². The minimum atomic E-state index is 0. The summed E-state index contributed by atoms with van der Waals surface area (Å²) in [5, 5.41) is 7.64. The molecular weight excluding hydrogens is 467 g/mol. The number of benzene rings is 1. The van der Waals surface area contributed by atoms with Crippen molar-refractivity contribution in [2.75, 3.05) is 33.9 Å². The van der Waals surface area contributed by atoms with Crippen LogP contribution in [0.4, 0.5) is 0 Å². The molecular formula is C20H31IN6O. The van der Waals surface area contributed by atoms with E-state index in [4.69, 9.17) is 4.74 Å². The molecule has 1 aromatic carbocycles. The van der Waals surface area contributed by atoms with Crippen molar-refractivity contribution in [1.29, 1.82) is 0 Å². The fourth-order valence-electron chi connectivity index (χ4n) is 3.42. The van der Waals surface area contributed by atoms with Crippen LogP contribution in [0.1, 0.15) is 30.4 Å². The van der Waals surface area contributed by atoms with Crippen LogP contribution in [-0.4, -0.2) is 59.5 Å². The van der Waals surface area contributed by atoms with E-state index < -0.39 is 0 Å². The average Bonchev–Trinajstić information content (AvgIpc) is 3.21. The van der Waals surface area contributed by atoms with Gasteiger partial charge in [-0.25, -0.2) is 9.67 Å². The summed E-state index contributed by atoms with van der Waals surface area (Å²) in [7, 11) is 3.95. The van der Waals surface area contributed by atoms with E-state index >= 15 is 0 Å². The maximum absolute atomic E-state index is 5.45. The minimum Gasteiger partial charge on any atom is -0.381 e. The van der Waals surface area contributed by atoms with E-state index in [1.54, 1.807) is 12.7 Å². The highest BCUT2D eigenvalue weighted by Gasteiger charge is 2.15. The molecule has 0 spiro atoms. The molecule has 1 aliphatic heterocycles. The Labute approximate surface area is 184 Å². The topological polar surface area (TPSA) is 67.6 Å². The second-order valence-electron chi connectivity index (χ2n) is 7.08. The van der Waals surface area contributed by atoms with Gasteiger partial charge in [0.1, 0.15) is 12.7 Å². The summed E-state index contributed by atoms with van der Waals surface area (Å²) in [6.07, 6.45) is 6.84.